The summed E-state index contributed by atoms with van der Waals surface area (Å²) in [6, 6.07) is 0. The zero-order valence-electron chi connectivity index (χ0n) is 56.3. The van der Waals surface area contributed by atoms with Crippen molar-refractivity contribution in [1.82, 2.24) is 0 Å². The molecule has 19 heteroatoms. The average Bonchev–Trinajstić information content (AvgIpc) is 3.51. The first kappa shape index (κ1) is 85.1. The fraction of sp³-hybridized carbons (Fsp3) is 0.941. The number of rotatable bonds is 67. The molecule has 3 unspecified atom stereocenters. The van der Waals surface area contributed by atoms with E-state index in [0.717, 1.165) is 115 Å². The molecule has 0 aliphatic rings. The van der Waals surface area contributed by atoms with Crippen LogP contribution in [0.2, 0.25) is 0 Å². The van der Waals surface area contributed by atoms with Crippen LogP contribution in [-0.4, -0.2) is 96.7 Å². The first-order chi connectivity index (χ1) is 41.9. The summed E-state index contributed by atoms with van der Waals surface area (Å²) in [6.07, 6.45) is 44.6. The fourth-order valence-corrected chi connectivity index (χ4v) is 11.8. The van der Waals surface area contributed by atoms with Gasteiger partial charge in [0.25, 0.3) is 0 Å². The Morgan fingerprint density at radius 3 is 0.874 bits per heavy atom. The van der Waals surface area contributed by atoms with Crippen LogP contribution in [-0.2, 0) is 65.4 Å². The highest BCUT2D eigenvalue weighted by atomic mass is 31.2. The first-order valence-electron chi connectivity index (χ1n) is 35.5. The van der Waals surface area contributed by atoms with Gasteiger partial charge in [-0.15, -0.1) is 0 Å². The van der Waals surface area contributed by atoms with Crippen molar-refractivity contribution in [2.75, 3.05) is 39.6 Å². The number of phosphoric ester groups is 2. The topological polar surface area (TPSA) is 237 Å². The monoisotopic (exact) mass is 1280 g/mol. The summed E-state index contributed by atoms with van der Waals surface area (Å²) >= 11 is 0. The van der Waals surface area contributed by atoms with E-state index in [1.807, 2.05) is 0 Å². The van der Waals surface area contributed by atoms with Crippen LogP contribution < -0.4 is 0 Å². The third kappa shape index (κ3) is 61.3. The quantitative estimate of drug-likeness (QED) is 0.0222. The van der Waals surface area contributed by atoms with Crippen molar-refractivity contribution in [3.63, 3.8) is 0 Å². The molecule has 0 aromatic carbocycles. The fourth-order valence-electron chi connectivity index (χ4n) is 10.2. The lowest BCUT2D eigenvalue weighted by Crippen LogP contribution is -2.30. The molecule has 0 saturated carbocycles. The van der Waals surface area contributed by atoms with Gasteiger partial charge in [-0.2, -0.15) is 0 Å². The molecule has 6 atom stereocenters. The maximum atomic E-state index is 13.0. The standard InChI is InChI=1S/C68H132O17P2/c1-7-10-12-14-16-17-18-25-28-32-39-45-51-66(71)79-57-63(84-67(72)52-46-40-33-29-26-23-21-19-20-22-24-27-31-36-42-48-60(4)5)58-82-86(74,75)80-54-62(69)55-81-87(76,77)83-59-64(56-78-65(70)50-44-38-30-15-13-11-8-2)85-68(73)53-47-41-35-34-37-43-49-61(6)9-3/h60-64,69H,7-59H2,1-6H3,(H,74,75)(H,76,77)/t61?,62-,63-,64-/m1/s1. The molecule has 0 radical (unpaired) electrons. The summed E-state index contributed by atoms with van der Waals surface area (Å²) in [6.45, 7) is 9.47. The lowest BCUT2D eigenvalue weighted by molar-refractivity contribution is -0.161. The number of aliphatic hydroxyl groups is 1. The number of hydrogen-bond donors (Lipinski definition) is 3. The van der Waals surface area contributed by atoms with Gasteiger partial charge in [-0.3, -0.25) is 37.3 Å². The van der Waals surface area contributed by atoms with E-state index in [9.17, 15) is 43.2 Å². The molecule has 0 aliphatic heterocycles. The van der Waals surface area contributed by atoms with E-state index in [2.05, 4.69) is 41.5 Å². The van der Waals surface area contributed by atoms with Crippen molar-refractivity contribution in [3.05, 3.63) is 0 Å². The Hall–Kier alpha value is -1.94. The minimum atomic E-state index is -4.95. The van der Waals surface area contributed by atoms with E-state index < -0.39 is 97.5 Å². The van der Waals surface area contributed by atoms with Crippen molar-refractivity contribution in [3.8, 4) is 0 Å². The molecule has 0 bridgehead atoms. The molecule has 0 heterocycles. The van der Waals surface area contributed by atoms with Crippen LogP contribution in [0.15, 0.2) is 0 Å². The highest BCUT2D eigenvalue weighted by Gasteiger charge is 2.30. The van der Waals surface area contributed by atoms with E-state index in [-0.39, 0.29) is 25.7 Å². The van der Waals surface area contributed by atoms with Crippen molar-refractivity contribution in [2.45, 2.75) is 362 Å². The van der Waals surface area contributed by atoms with Crippen LogP contribution in [0.3, 0.4) is 0 Å². The zero-order chi connectivity index (χ0) is 64.3. The second kappa shape index (κ2) is 60.3. The van der Waals surface area contributed by atoms with Gasteiger partial charge >= 0.3 is 39.5 Å². The van der Waals surface area contributed by atoms with Crippen LogP contribution in [0.5, 0.6) is 0 Å². The van der Waals surface area contributed by atoms with Gasteiger partial charge in [0.05, 0.1) is 26.4 Å². The molecule has 87 heavy (non-hydrogen) atoms. The number of phosphoric acid groups is 2. The molecule has 0 fully saturated rings. The summed E-state index contributed by atoms with van der Waals surface area (Å²) < 4.78 is 68.1. The lowest BCUT2D eigenvalue weighted by atomic mass is 10.00. The number of carbonyl (C=O) groups is 4. The molecule has 0 aromatic rings. The molecule has 3 N–H and O–H groups in total. The number of unbranched alkanes of at least 4 members (excludes halogenated alkanes) is 36. The van der Waals surface area contributed by atoms with Gasteiger partial charge in [0.15, 0.2) is 12.2 Å². The summed E-state index contributed by atoms with van der Waals surface area (Å²) in [4.78, 5) is 72.3. The molecule has 0 spiro atoms. The Labute approximate surface area is 530 Å². The Kier molecular flexibility index (Phi) is 59.0. The molecule has 516 valence electrons. The van der Waals surface area contributed by atoms with Crippen LogP contribution in [0, 0.1) is 11.8 Å². The maximum Gasteiger partial charge on any atom is 0.472 e. The number of aliphatic hydroxyl groups excluding tert-OH is 1. The van der Waals surface area contributed by atoms with Crippen LogP contribution in [0.4, 0.5) is 0 Å². The van der Waals surface area contributed by atoms with E-state index in [1.165, 1.54) is 148 Å². The minimum absolute atomic E-state index is 0.103. The van der Waals surface area contributed by atoms with Gasteiger partial charge in [0, 0.05) is 25.7 Å². The van der Waals surface area contributed by atoms with E-state index >= 15 is 0 Å². The number of esters is 4. The van der Waals surface area contributed by atoms with Gasteiger partial charge in [-0.25, -0.2) is 9.13 Å². The lowest BCUT2D eigenvalue weighted by Gasteiger charge is -2.21. The highest BCUT2D eigenvalue weighted by molar-refractivity contribution is 7.47. The molecule has 0 saturated heterocycles. The molecule has 0 aromatic heterocycles. The molecular weight excluding hydrogens is 1150 g/mol. The summed E-state index contributed by atoms with van der Waals surface area (Å²) in [5, 5.41) is 10.6. The van der Waals surface area contributed by atoms with Crippen LogP contribution in [0.25, 0.3) is 0 Å². The summed E-state index contributed by atoms with van der Waals surface area (Å²) in [5.41, 5.74) is 0. The molecule has 17 nitrogen and oxygen atoms in total. The second-order valence-electron chi connectivity index (χ2n) is 25.3. The minimum Gasteiger partial charge on any atom is -0.462 e. The Balaban J connectivity index is 5.19. The molecule has 0 amide bonds. The van der Waals surface area contributed by atoms with Gasteiger partial charge in [-0.1, -0.05) is 292 Å². The van der Waals surface area contributed by atoms with Crippen LogP contribution >= 0.6 is 15.6 Å². The Morgan fingerprint density at radius 1 is 0.333 bits per heavy atom. The van der Waals surface area contributed by atoms with E-state index in [4.69, 9.17) is 37.0 Å². The third-order valence-electron chi connectivity index (χ3n) is 16.1. The third-order valence-corrected chi connectivity index (χ3v) is 18.0. The highest BCUT2D eigenvalue weighted by Crippen LogP contribution is 2.45. The van der Waals surface area contributed by atoms with Gasteiger partial charge in [0.1, 0.15) is 19.3 Å². The normalized spacial score (nSPS) is 14.5. The molecule has 0 rings (SSSR count). The van der Waals surface area contributed by atoms with E-state index in [1.54, 1.807) is 0 Å². The smallest absolute Gasteiger partial charge is 0.462 e. The number of ether oxygens (including phenoxy) is 4. The van der Waals surface area contributed by atoms with Crippen molar-refractivity contribution in [2.24, 2.45) is 11.8 Å². The number of hydrogen-bond acceptors (Lipinski definition) is 15. The van der Waals surface area contributed by atoms with Gasteiger partial charge < -0.3 is 33.8 Å². The summed E-state index contributed by atoms with van der Waals surface area (Å²) in [5.74, 6) is -0.610. The van der Waals surface area contributed by atoms with Gasteiger partial charge in [0.2, 0.25) is 0 Å². The SMILES string of the molecule is CCCCCCCCCCCCCCC(=O)OC[C@H](COP(=O)(O)OC[C@@H](O)COP(=O)(O)OC[C@@H](COC(=O)CCCCCCCCC)OC(=O)CCCCCCCCC(C)CC)OC(=O)CCCCCCCCCCCCCCCCCC(C)C. The Morgan fingerprint density at radius 2 is 0.586 bits per heavy atom. The largest absolute Gasteiger partial charge is 0.472 e. The van der Waals surface area contributed by atoms with E-state index in [0.29, 0.717) is 25.7 Å². The van der Waals surface area contributed by atoms with Crippen molar-refractivity contribution < 1.29 is 80.2 Å². The van der Waals surface area contributed by atoms with Gasteiger partial charge in [-0.05, 0) is 37.5 Å². The average molecular weight is 1280 g/mol. The Bertz CT molecular complexity index is 1700. The second-order valence-corrected chi connectivity index (χ2v) is 28.2. The summed E-state index contributed by atoms with van der Waals surface area (Å²) in [7, 11) is -9.89. The van der Waals surface area contributed by atoms with Crippen molar-refractivity contribution >= 4 is 39.5 Å². The van der Waals surface area contributed by atoms with Crippen LogP contribution in [0.1, 0.15) is 343 Å². The number of carbonyl (C=O) groups excluding carboxylic acids is 4. The maximum absolute atomic E-state index is 13.0. The van der Waals surface area contributed by atoms with Crippen molar-refractivity contribution in [1.29, 1.82) is 0 Å². The molecule has 0 aliphatic carbocycles. The first-order valence-corrected chi connectivity index (χ1v) is 38.5. The zero-order valence-corrected chi connectivity index (χ0v) is 58.1. The predicted molar refractivity (Wildman–Crippen MR) is 349 cm³/mol. The molecular formula is C68H132O17P2. The predicted octanol–water partition coefficient (Wildman–Crippen LogP) is 19.2.